The fourth-order valence-corrected chi connectivity index (χ4v) is 3.24. The number of carbonyl (C=O) groups excluding carboxylic acids is 1. The predicted molar refractivity (Wildman–Crippen MR) is 109 cm³/mol. The summed E-state index contributed by atoms with van der Waals surface area (Å²) in [6, 6.07) is 18.2. The molecule has 2 heterocycles. The van der Waals surface area contributed by atoms with Crippen LogP contribution in [0.5, 0.6) is 0 Å². The number of imidazole rings is 1. The molecular formula is C22H23N5O. The third-order valence-corrected chi connectivity index (χ3v) is 4.74. The van der Waals surface area contributed by atoms with Gasteiger partial charge in [0.25, 0.3) is 5.91 Å². The molecule has 0 saturated heterocycles. The number of para-hydroxylation sites is 2. The number of benzene rings is 2. The molecule has 0 aliphatic rings. The Bertz CT molecular complexity index is 1080. The number of nitrogens with one attached hydrogen (secondary N) is 2. The molecule has 2 aromatic heterocycles. The van der Waals surface area contributed by atoms with E-state index in [1.54, 1.807) is 0 Å². The van der Waals surface area contributed by atoms with E-state index in [1.165, 1.54) is 5.56 Å². The van der Waals surface area contributed by atoms with Crippen LogP contribution >= 0.6 is 0 Å². The van der Waals surface area contributed by atoms with E-state index in [0.717, 1.165) is 41.7 Å². The normalized spacial score (nSPS) is 11.0. The van der Waals surface area contributed by atoms with E-state index < -0.39 is 0 Å². The Morgan fingerprint density at radius 1 is 1.11 bits per heavy atom. The number of hydrogen-bond acceptors (Lipinski definition) is 3. The van der Waals surface area contributed by atoms with Crippen LogP contribution in [0.25, 0.3) is 11.0 Å². The molecule has 0 bridgehead atoms. The van der Waals surface area contributed by atoms with E-state index in [4.69, 9.17) is 0 Å². The Labute approximate surface area is 163 Å². The van der Waals surface area contributed by atoms with Crippen molar-refractivity contribution in [2.24, 2.45) is 0 Å². The molecule has 1 amide bonds. The van der Waals surface area contributed by atoms with Gasteiger partial charge >= 0.3 is 0 Å². The molecule has 6 heteroatoms. The number of H-pyrrole nitrogens is 1. The lowest BCUT2D eigenvalue weighted by Crippen LogP contribution is -2.23. The van der Waals surface area contributed by atoms with Crippen LogP contribution in [-0.2, 0) is 19.5 Å². The molecule has 0 fully saturated rings. The zero-order valence-electron chi connectivity index (χ0n) is 15.9. The van der Waals surface area contributed by atoms with Crippen molar-refractivity contribution >= 4 is 16.9 Å². The molecule has 4 rings (SSSR count). The summed E-state index contributed by atoms with van der Waals surface area (Å²) in [7, 11) is 0. The number of nitrogens with zero attached hydrogens (tertiary/aromatic N) is 3. The van der Waals surface area contributed by atoms with Gasteiger partial charge in [0, 0.05) is 18.8 Å². The van der Waals surface area contributed by atoms with Gasteiger partial charge in [-0.3, -0.25) is 9.89 Å². The van der Waals surface area contributed by atoms with E-state index in [0.29, 0.717) is 12.2 Å². The lowest BCUT2D eigenvalue weighted by atomic mass is 10.1. The Balaban J connectivity index is 1.36. The zero-order chi connectivity index (χ0) is 19.3. The maximum atomic E-state index is 12.2. The van der Waals surface area contributed by atoms with E-state index in [-0.39, 0.29) is 5.91 Å². The van der Waals surface area contributed by atoms with Crippen molar-refractivity contribution < 1.29 is 4.79 Å². The van der Waals surface area contributed by atoms with Crippen LogP contribution in [-0.4, -0.2) is 25.7 Å². The number of fused-ring (bicyclic) bond motifs is 1. The first kappa shape index (κ1) is 18.0. The molecular weight excluding hydrogens is 350 g/mol. The Hall–Kier alpha value is -3.41. The number of aromatic amines is 1. The topological polar surface area (TPSA) is 75.6 Å². The summed E-state index contributed by atoms with van der Waals surface area (Å²) in [5, 5.41) is 9.91. The first-order chi connectivity index (χ1) is 13.7. The van der Waals surface area contributed by atoms with E-state index in [2.05, 4.69) is 50.2 Å². The van der Waals surface area contributed by atoms with E-state index in [1.807, 2.05) is 42.7 Å². The van der Waals surface area contributed by atoms with Gasteiger partial charge in [0.2, 0.25) is 0 Å². The Morgan fingerprint density at radius 3 is 2.71 bits per heavy atom. The van der Waals surface area contributed by atoms with Crippen molar-refractivity contribution in [2.75, 3.05) is 0 Å². The number of aromatic nitrogens is 4. The fourth-order valence-electron chi connectivity index (χ4n) is 3.24. The van der Waals surface area contributed by atoms with Crippen molar-refractivity contribution in [1.29, 1.82) is 0 Å². The van der Waals surface area contributed by atoms with Crippen LogP contribution < -0.4 is 5.32 Å². The van der Waals surface area contributed by atoms with Gasteiger partial charge in [-0.15, -0.1) is 0 Å². The van der Waals surface area contributed by atoms with Gasteiger partial charge < -0.3 is 9.88 Å². The first-order valence-corrected chi connectivity index (χ1v) is 9.53. The molecule has 0 unspecified atom stereocenters. The second-order valence-corrected chi connectivity index (χ2v) is 6.89. The van der Waals surface area contributed by atoms with Gasteiger partial charge in [-0.05, 0) is 35.7 Å². The summed E-state index contributed by atoms with van der Waals surface area (Å²) in [5.41, 5.74) is 5.80. The molecule has 0 spiro atoms. The number of aryl methyl sites for hydroxylation is 1. The molecule has 0 aliphatic carbocycles. The van der Waals surface area contributed by atoms with Crippen LogP contribution in [0.15, 0.2) is 60.9 Å². The second kappa shape index (κ2) is 8.08. The smallest absolute Gasteiger partial charge is 0.272 e. The van der Waals surface area contributed by atoms with Crippen molar-refractivity contribution in [1.82, 2.24) is 25.1 Å². The summed E-state index contributed by atoms with van der Waals surface area (Å²) in [5.74, 6) is -0.160. The Kier molecular flexibility index (Phi) is 5.19. The molecule has 142 valence electrons. The summed E-state index contributed by atoms with van der Waals surface area (Å²) in [4.78, 5) is 16.7. The summed E-state index contributed by atoms with van der Waals surface area (Å²) < 4.78 is 2.14. The Morgan fingerprint density at radius 2 is 1.89 bits per heavy atom. The minimum Gasteiger partial charge on any atom is -0.347 e. The van der Waals surface area contributed by atoms with Crippen molar-refractivity contribution in [3.8, 4) is 0 Å². The third-order valence-electron chi connectivity index (χ3n) is 4.74. The molecule has 2 aromatic carbocycles. The second-order valence-electron chi connectivity index (χ2n) is 6.89. The molecule has 4 aromatic rings. The van der Waals surface area contributed by atoms with Crippen molar-refractivity contribution in [2.45, 2.75) is 32.9 Å². The van der Waals surface area contributed by atoms with Crippen LogP contribution in [0.4, 0.5) is 0 Å². The molecule has 0 radical (unpaired) electrons. The lowest BCUT2D eigenvalue weighted by Gasteiger charge is -2.07. The molecule has 0 saturated carbocycles. The molecule has 28 heavy (non-hydrogen) atoms. The van der Waals surface area contributed by atoms with Crippen LogP contribution in [0.2, 0.25) is 0 Å². The number of rotatable bonds is 7. The monoisotopic (exact) mass is 373 g/mol. The highest BCUT2D eigenvalue weighted by Gasteiger charge is 2.10. The van der Waals surface area contributed by atoms with E-state index in [9.17, 15) is 4.79 Å². The SMILES string of the molecule is CCCc1cc(C(=O)NCc2ccc(Cn3cnc4ccccc43)cc2)n[nH]1. The molecule has 0 atom stereocenters. The quantitative estimate of drug-likeness (QED) is 0.519. The average Bonchev–Trinajstić information content (AvgIpc) is 3.35. The van der Waals surface area contributed by atoms with Crippen LogP contribution in [0.1, 0.15) is 40.7 Å². The highest BCUT2D eigenvalue weighted by Crippen LogP contribution is 2.14. The van der Waals surface area contributed by atoms with Crippen LogP contribution in [0.3, 0.4) is 0 Å². The molecule has 0 aliphatic heterocycles. The van der Waals surface area contributed by atoms with Gasteiger partial charge in [0.15, 0.2) is 0 Å². The van der Waals surface area contributed by atoms with Crippen molar-refractivity contribution in [3.05, 3.63) is 83.4 Å². The number of carbonyl (C=O) groups is 1. The maximum absolute atomic E-state index is 12.2. The first-order valence-electron chi connectivity index (χ1n) is 9.53. The highest BCUT2D eigenvalue weighted by atomic mass is 16.1. The van der Waals surface area contributed by atoms with Gasteiger partial charge in [-0.1, -0.05) is 49.7 Å². The molecule has 2 N–H and O–H groups in total. The van der Waals surface area contributed by atoms with Gasteiger partial charge in [0.05, 0.1) is 17.4 Å². The van der Waals surface area contributed by atoms with Gasteiger partial charge in [-0.2, -0.15) is 5.10 Å². The zero-order valence-corrected chi connectivity index (χ0v) is 15.9. The number of hydrogen-bond donors (Lipinski definition) is 2. The standard InChI is InChI=1S/C22H23N5O/c1-2-5-18-12-20(26-25-18)22(28)23-13-16-8-10-17(11-9-16)14-27-15-24-19-6-3-4-7-21(19)27/h3-4,6-12,15H,2,5,13-14H2,1H3,(H,23,28)(H,25,26). The minimum atomic E-state index is -0.160. The minimum absolute atomic E-state index is 0.160. The van der Waals surface area contributed by atoms with E-state index >= 15 is 0 Å². The fraction of sp³-hybridized carbons (Fsp3) is 0.227. The largest absolute Gasteiger partial charge is 0.347 e. The van der Waals surface area contributed by atoms with Crippen LogP contribution in [0, 0.1) is 0 Å². The highest BCUT2D eigenvalue weighted by molar-refractivity contribution is 5.92. The van der Waals surface area contributed by atoms with Crippen molar-refractivity contribution in [3.63, 3.8) is 0 Å². The maximum Gasteiger partial charge on any atom is 0.272 e. The summed E-state index contributed by atoms with van der Waals surface area (Å²) in [6.07, 6.45) is 3.79. The average molecular weight is 373 g/mol. The molecule has 6 nitrogen and oxygen atoms in total. The summed E-state index contributed by atoms with van der Waals surface area (Å²) in [6.45, 7) is 3.34. The lowest BCUT2D eigenvalue weighted by molar-refractivity contribution is 0.0946. The number of amides is 1. The predicted octanol–water partition coefficient (Wildman–Crippen LogP) is 3.69. The van der Waals surface area contributed by atoms with Gasteiger partial charge in [0.1, 0.15) is 5.69 Å². The third kappa shape index (κ3) is 3.96. The van der Waals surface area contributed by atoms with Gasteiger partial charge in [-0.25, -0.2) is 4.98 Å². The summed E-state index contributed by atoms with van der Waals surface area (Å²) >= 11 is 0.